The molecule has 3 unspecified atom stereocenters. The first-order valence-corrected chi connectivity index (χ1v) is 9.15. The standard InChI is InChI=1S/C16H19NOS2/c1-2-9-17-16-13-7-4-3-6-12(13)11-14(16)20(18)15-8-5-10-19-15/h3-8,10,14,16-17H,2,9,11H2,1H3. The van der Waals surface area contributed by atoms with Crippen molar-refractivity contribution in [3.8, 4) is 0 Å². The minimum absolute atomic E-state index is 0.151. The lowest BCUT2D eigenvalue weighted by molar-refractivity contribution is 0.528. The van der Waals surface area contributed by atoms with Crippen LogP contribution in [0.25, 0.3) is 0 Å². The van der Waals surface area contributed by atoms with Gasteiger partial charge in [0, 0.05) is 6.04 Å². The highest BCUT2D eigenvalue weighted by Crippen LogP contribution is 2.37. The number of nitrogens with one attached hydrogen (secondary N) is 1. The first-order chi connectivity index (χ1) is 9.81. The predicted octanol–water partition coefficient (Wildman–Crippen LogP) is 3.52. The van der Waals surface area contributed by atoms with E-state index < -0.39 is 10.8 Å². The van der Waals surface area contributed by atoms with Gasteiger partial charge in [-0.15, -0.1) is 11.3 Å². The van der Waals surface area contributed by atoms with Gasteiger partial charge in [0.1, 0.15) is 0 Å². The highest BCUT2D eigenvalue weighted by Gasteiger charge is 2.36. The third-order valence-electron chi connectivity index (χ3n) is 3.77. The van der Waals surface area contributed by atoms with Gasteiger partial charge in [0.15, 0.2) is 0 Å². The van der Waals surface area contributed by atoms with E-state index in [9.17, 15) is 4.21 Å². The van der Waals surface area contributed by atoms with Crippen molar-refractivity contribution in [1.82, 2.24) is 5.32 Å². The third kappa shape index (κ3) is 2.60. The fourth-order valence-corrected chi connectivity index (χ4v) is 5.52. The molecular weight excluding hydrogens is 286 g/mol. The van der Waals surface area contributed by atoms with E-state index in [1.165, 1.54) is 11.1 Å². The molecule has 1 aromatic heterocycles. The molecule has 3 rings (SSSR count). The smallest absolute Gasteiger partial charge is 0.0914 e. The molecule has 0 saturated carbocycles. The summed E-state index contributed by atoms with van der Waals surface area (Å²) in [5, 5.41) is 5.75. The lowest BCUT2D eigenvalue weighted by Crippen LogP contribution is -2.32. The maximum absolute atomic E-state index is 12.8. The Morgan fingerprint density at radius 2 is 2.15 bits per heavy atom. The van der Waals surface area contributed by atoms with Crippen LogP contribution in [0.2, 0.25) is 0 Å². The zero-order valence-corrected chi connectivity index (χ0v) is 13.2. The van der Waals surface area contributed by atoms with Crippen molar-refractivity contribution in [2.75, 3.05) is 6.54 Å². The Balaban J connectivity index is 1.89. The van der Waals surface area contributed by atoms with Crippen LogP contribution in [0.4, 0.5) is 0 Å². The van der Waals surface area contributed by atoms with E-state index in [1.807, 2.05) is 17.5 Å². The summed E-state index contributed by atoms with van der Waals surface area (Å²) in [5.74, 6) is 0. The molecule has 106 valence electrons. The van der Waals surface area contributed by atoms with Crippen LogP contribution in [-0.4, -0.2) is 16.0 Å². The average Bonchev–Trinajstić information content (AvgIpc) is 3.12. The van der Waals surface area contributed by atoms with E-state index in [-0.39, 0.29) is 11.3 Å². The van der Waals surface area contributed by atoms with Crippen LogP contribution < -0.4 is 5.32 Å². The van der Waals surface area contributed by atoms with Crippen LogP contribution in [0.15, 0.2) is 46.0 Å². The molecule has 0 bridgehead atoms. The summed E-state index contributed by atoms with van der Waals surface area (Å²) in [5.41, 5.74) is 2.67. The highest BCUT2D eigenvalue weighted by molar-refractivity contribution is 7.88. The van der Waals surface area contributed by atoms with Gasteiger partial charge in [0.25, 0.3) is 0 Å². The molecule has 4 heteroatoms. The minimum Gasteiger partial charge on any atom is -0.309 e. The number of benzene rings is 1. The summed E-state index contributed by atoms with van der Waals surface area (Å²) in [6.07, 6.45) is 2.00. The van der Waals surface area contributed by atoms with E-state index in [2.05, 4.69) is 36.5 Å². The van der Waals surface area contributed by atoms with Gasteiger partial charge < -0.3 is 5.32 Å². The first kappa shape index (κ1) is 14.0. The molecule has 1 aliphatic rings. The van der Waals surface area contributed by atoms with Gasteiger partial charge in [-0.05, 0) is 42.0 Å². The summed E-state index contributed by atoms with van der Waals surface area (Å²) in [6, 6.07) is 12.7. The summed E-state index contributed by atoms with van der Waals surface area (Å²) in [6.45, 7) is 3.14. The molecule has 1 N–H and O–H groups in total. The topological polar surface area (TPSA) is 29.1 Å². The molecule has 1 aliphatic carbocycles. The Kier molecular flexibility index (Phi) is 4.34. The fraction of sp³-hybridized carbons (Fsp3) is 0.375. The van der Waals surface area contributed by atoms with Crippen molar-refractivity contribution >= 4 is 22.1 Å². The average molecular weight is 305 g/mol. The van der Waals surface area contributed by atoms with Crippen LogP contribution in [-0.2, 0) is 17.2 Å². The maximum atomic E-state index is 12.8. The van der Waals surface area contributed by atoms with Crippen LogP contribution in [0.3, 0.4) is 0 Å². The van der Waals surface area contributed by atoms with E-state index in [0.29, 0.717) is 0 Å². The van der Waals surface area contributed by atoms with Crippen LogP contribution >= 0.6 is 11.3 Å². The Hall–Kier alpha value is -0.970. The molecule has 0 saturated heterocycles. The number of hydrogen-bond donors (Lipinski definition) is 1. The molecular formula is C16H19NOS2. The number of hydrogen-bond acceptors (Lipinski definition) is 3. The van der Waals surface area contributed by atoms with Crippen LogP contribution in [0.5, 0.6) is 0 Å². The second-order valence-corrected chi connectivity index (χ2v) is 7.95. The minimum atomic E-state index is -0.931. The normalized spacial score (nSPS) is 22.6. The molecule has 2 aromatic rings. The van der Waals surface area contributed by atoms with Crippen molar-refractivity contribution in [3.63, 3.8) is 0 Å². The van der Waals surface area contributed by atoms with E-state index >= 15 is 0 Å². The molecule has 1 aromatic carbocycles. The van der Waals surface area contributed by atoms with Crippen LogP contribution in [0.1, 0.15) is 30.5 Å². The molecule has 2 nitrogen and oxygen atoms in total. The van der Waals surface area contributed by atoms with E-state index in [0.717, 1.165) is 23.6 Å². The van der Waals surface area contributed by atoms with Crippen molar-refractivity contribution < 1.29 is 4.21 Å². The van der Waals surface area contributed by atoms with Crippen molar-refractivity contribution in [2.24, 2.45) is 0 Å². The van der Waals surface area contributed by atoms with E-state index in [4.69, 9.17) is 0 Å². The van der Waals surface area contributed by atoms with Gasteiger partial charge in [0.05, 0.1) is 20.3 Å². The Labute approximate surface area is 126 Å². The monoisotopic (exact) mass is 305 g/mol. The van der Waals surface area contributed by atoms with Crippen molar-refractivity contribution in [1.29, 1.82) is 0 Å². The summed E-state index contributed by atoms with van der Waals surface area (Å²) < 4.78 is 13.8. The molecule has 0 spiro atoms. The molecule has 3 atom stereocenters. The van der Waals surface area contributed by atoms with Gasteiger partial charge in [-0.1, -0.05) is 37.3 Å². The van der Waals surface area contributed by atoms with Gasteiger partial charge in [-0.25, -0.2) is 0 Å². The first-order valence-electron chi connectivity index (χ1n) is 7.06. The molecule has 0 aliphatic heterocycles. The molecule has 0 fully saturated rings. The SMILES string of the molecule is CCCNC1c2ccccc2CC1S(=O)c1cccs1. The molecule has 20 heavy (non-hydrogen) atoms. The zero-order valence-electron chi connectivity index (χ0n) is 11.5. The maximum Gasteiger partial charge on any atom is 0.0914 e. The van der Waals surface area contributed by atoms with Gasteiger partial charge >= 0.3 is 0 Å². The second kappa shape index (κ2) is 6.20. The van der Waals surface area contributed by atoms with E-state index in [1.54, 1.807) is 11.3 Å². The van der Waals surface area contributed by atoms with Gasteiger partial charge in [-0.2, -0.15) is 0 Å². The summed E-state index contributed by atoms with van der Waals surface area (Å²) >= 11 is 1.59. The third-order valence-corrected chi connectivity index (χ3v) is 6.73. The zero-order chi connectivity index (χ0) is 13.9. The van der Waals surface area contributed by atoms with Gasteiger partial charge in [0.2, 0.25) is 0 Å². The molecule has 1 heterocycles. The Bertz CT molecular complexity index is 594. The summed E-state index contributed by atoms with van der Waals surface area (Å²) in [7, 11) is -0.931. The fourth-order valence-electron chi connectivity index (χ4n) is 2.83. The number of rotatable bonds is 5. The Morgan fingerprint density at radius 1 is 1.30 bits per heavy atom. The quantitative estimate of drug-likeness (QED) is 0.915. The van der Waals surface area contributed by atoms with Crippen LogP contribution in [0, 0.1) is 0 Å². The lowest BCUT2D eigenvalue weighted by Gasteiger charge is -2.20. The lowest BCUT2D eigenvalue weighted by atomic mass is 10.1. The Morgan fingerprint density at radius 3 is 2.90 bits per heavy atom. The molecule has 0 radical (unpaired) electrons. The summed E-state index contributed by atoms with van der Waals surface area (Å²) in [4.78, 5) is 0. The highest BCUT2D eigenvalue weighted by atomic mass is 32.2. The molecule has 0 amide bonds. The van der Waals surface area contributed by atoms with Crippen molar-refractivity contribution in [2.45, 2.75) is 35.3 Å². The largest absolute Gasteiger partial charge is 0.309 e. The number of thiophene rings is 1. The second-order valence-electron chi connectivity index (χ2n) is 5.10. The number of fused-ring (bicyclic) bond motifs is 1. The van der Waals surface area contributed by atoms with Crippen molar-refractivity contribution in [3.05, 3.63) is 52.9 Å². The predicted molar refractivity (Wildman–Crippen MR) is 85.7 cm³/mol. The van der Waals surface area contributed by atoms with Gasteiger partial charge in [-0.3, -0.25) is 4.21 Å².